The molecule has 0 aliphatic carbocycles. The predicted octanol–water partition coefficient (Wildman–Crippen LogP) is -3.69. The van der Waals surface area contributed by atoms with Gasteiger partial charge in [-0.05, 0) is 32.6 Å². The van der Waals surface area contributed by atoms with E-state index >= 15 is 0 Å². The number of primary amides is 1. The zero-order valence-corrected chi connectivity index (χ0v) is 18.0. The normalized spacial score (nSPS) is 18.2. The molecule has 14 nitrogen and oxygen atoms in total. The molecule has 1 rings (SSSR count). The lowest BCUT2D eigenvalue weighted by Crippen LogP contribution is -2.56. The van der Waals surface area contributed by atoms with E-state index in [2.05, 4.69) is 15.6 Å². The molecule has 1 aliphatic heterocycles. The van der Waals surface area contributed by atoms with Crippen molar-refractivity contribution in [3.63, 3.8) is 0 Å². The predicted molar refractivity (Wildman–Crippen MR) is 114 cm³/mol. The fourth-order valence-corrected chi connectivity index (χ4v) is 3.27. The Morgan fingerprint density at radius 2 is 1.81 bits per heavy atom. The molecule has 1 aliphatic rings. The SMILES string of the molecule is C[C@H](NC(=O)[C@@H](N)CC(N)=O)C(=O)N1CCC[C@H]1C(=O)N[C@@H](CCCN=C(N)N)C(=O)O. The Bertz CT molecular complexity index is 754. The fourth-order valence-electron chi connectivity index (χ4n) is 3.27. The van der Waals surface area contributed by atoms with Gasteiger partial charge >= 0.3 is 5.97 Å². The second-order valence-corrected chi connectivity index (χ2v) is 7.55. The molecule has 0 radical (unpaired) electrons. The van der Waals surface area contributed by atoms with Crippen LogP contribution in [0.25, 0.3) is 0 Å². The first kappa shape index (κ1) is 26.6. The molecule has 0 aromatic heterocycles. The average Bonchev–Trinajstić information content (AvgIpc) is 3.18. The number of hydrogen-bond acceptors (Lipinski definition) is 7. The van der Waals surface area contributed by atoms with Crippen LogP contribution < -0.4 is 33.6 Å². The number of carbonyl (C=O) groups is 5. The number of nitrogens with one attached hydrogen (secondary N) is 2. The molecule has 0 unspecified atom stereocenters. The molecule has 0 bridgehead atoms. The van der Waals surface area contributed by atoms with Gasteiger partial charge in [-0.15, -0.1) is 0 Å². The van der Waals surface area contributed by atoms with Gasteiger partial charge < -0.3 is 43.6 Å². The Labute approximate surface area is 185 Å². The van der Waals surface area contributed by atoms with E-state index in [1.54, 1.807) is 0 Å². The summed E-state index contributed by atoms with van der Waals surface area (Å²) >= 11 is 0. The lowest BCUT2D eigenvalue weighted by Gasteiger charge is -2.28. The molecular formula is C18H32N8O6. The van der Waals surface area contributed by atoms with Gasteiger partial charge in [-0.1, -0.05) is 0 Å². The van der Waals surface area contributed by atoms with Crippen molar-refractivity contribution in [3.8, 4) is 0 Å². The molecule has 180 valence electrons. The standard InChI is InChI=1S/C18H32N8O6/c1-9(24-14(28)10(19)8-13(20)27)16(30)26-7-3-5-12(26)15(29)25-11(17(31)32)4-2-6-23-18(21)22/h9-12H,2-8,19H2,1H3,(H2,20,27)(H,24,28)(H,25,29)(H,31,32)(H4,21,22,23)/t9-,10-,11-,12-/m0/s1. The Kier molecular flexibility index (Phi) is 10.3. The summed E-state index contributed by atoms with van der Waals surface area (Å²) in [5.74, 6) is -3.94. The van der Waals surface area contributed by atoms with Gasteiger partial charge in [0.05, 0.1) is 12.5 Å². The van der Waals surface area contributed by atoms with Crippen molar-refractivity contribution in [2.24, 2.45) is 27.9 Å². The van der Waals surface area contributed by atoms with Crippen molar-refractivity contribution in [3.05, 3.63) is 0 Å². The van der Waals surface area contributed by atoms with Crippen LogP contribution in [-0.4, -0.2) is 82.8 Å². The number of carboxylic acid groups (broad SMARTS) is 1. The quantitative estimate of drug-likeness (QED) is 0.0865. The smallest absolute Gasteiger partial charge is 0.326 e. The molecule has 1 fully saturated rings. The molecule has 14 heteroatoms. The number of carboxylic acids is 1. The molecular weight excluding hydrogens is 424 g/mol. The zero-order chi connectivity index (χ0) is 24.4. The maximum Gasteiger partial charge on any atom is 0.326 e. The van der Waals surface area contributed by atoms with Crippen molar-refractivity contribution in [1.29, 1.82) is 0 Å². The van der Waals surface area contributed by atoms with Gasteiger partial charge in [-0.3, -0.25) is 24.2 Å². The Hall–Kier alpha value is -3.42. The van der Waals surface area contributed by atoms with E-state index in [0.717, 1.165) is 0 Å². The number of aliphatic imine (C=N–C) groups is 1. The minimum atomic E-state index is -1.22. The molecule has 0 aromatic carbocycles. The van der Waals surface area contributed by atoms with Crippen molar-refractivity contribution in [2.45, 2.75) is 63.2 Å². The minimum absolute atomic E-state index is 0.0999. The summed E-state index contributed by atoms with van der Waals surface area (Å²) < 4.78 is 0. The van der Waals surface area contributed by atoms with Crippen LogP contribution in [0.15, 0.2) is 4.99 Å². The number of rotatable bonds is 12. The van der Waals surface area contributed by atoms with E-state index in [1.165, 1.54) is 11.8 Å². The number of guanidine groups is 1. The number of hydrogen-bond donors (Lipinski definition) is 7. The van der Waals surface area contributed by atoms with Gasteiger partial charge in [-0.2, -0.15) is 0 Å². The van der Waals surface area contributed by atoms with Gasteiger partial charge in [0, 0.05) is 13.1 Å². The van der Waals surface area contributed by atoms with Gasteiger partial charge in [0.15, 0.2) is 5.96 Å². The van der Waals surface area contributed by atoms with Crippen LogP contribution in [0.4, 0.5) is 0 Å². The van der Waals surface area contributed by atoms with Crippen LogP contribution in [0.3, 0.4) is 0 Å². The highest BCUT2D eigenvalue weighted by Crippen LogP contribution is 2.19. The molecule has 1 saturated heterocycles. The Morgan fingerprint density at radius 1 is 1.16 bits per heavy atom. The number of nitrogens with two attached hydrogens (primary N) is 4. The lowest BCUT2D eigenvalue weighted by atomic mass is 10.1. The number of likely N-dealkylation sites (tertiary alicyclic amines) is 1. The molecule has 32 heavy (non-hydrogen) atoms. The van der Waals surface area contributed by atoms with E-state index in [4.69, 9.17) is 22.9 Å². The van der Waals surface area contributed by atoms with Gasteiger partial charge in [0.25, 0.3) is 0 Å². The van der Waals surface area contributed by atoms with E-state index in [9.17, 15) is 29.1 Å². The largest absolute Gasteiger partial charge is 0.480 e. The van der Waals surface area contributed by atoms with Crippen molar-refractivity contribution in [2.75, 3.05) is 13.1 Å². The van der Waals surface area contributed by atoms with Crippen molar-refractivity contribution in [1.82, 2.24) is 15.5 Å². The van der Waals surface area contributed by atoms with E-state index in [0.29, 0.717) is 19.3 Å². The van der Waals surface area contributed by atoms with Crippen LogP contribution in [0.5, 0.6) is 0 Å². The van der Waals surface area contributed by atoms with Crippen LogP contribution in [0.2, 0.25) is 0 Å². The first-order chi connectivity index (χ1) is 14.9. The topological polar surface area (TPSA) is 249 Å². The van der Waals surface area contributed by atoms with Crippen LogP contribution >= 0.6 is 0 Å². The first-order valence-electron chi connectivity index (χ1n) is 10.2. The van der Waals surface area contributed by atoms with Crippen LogP contribution in [-0.2, 0) is 24.0 Å². The highest BCUT2D eigenvalue weighted by atomic mass is 16.4. The molecule has 4 atom stereocenters. The summed E-state index contributed by atoms with van der Waals surface area (Å²) in [7, 11) is 0. The van der Waals surface area contributed by atoms with E-state index in [-0.39, 0.29) is 31.9 Å². The molecule has 4 amide bonds. The molecule has 1 heterocycles. The average molecular weight is 457 g/mol. The molecule has 11 N–H and O–H groups in total. The Morgan fingerprint density at radius 3 is 2.38 bits per heavy atom. The molecule has 0 aromatic rings. The van der Waals surface area contributed by atoms with Gasteiger partial charge in [0.1, 0.15) is 18.1 Å². The fraction of sp³-hybridized carbons (Fsp3) is 0.667. The number of carbonyl (C=O) groups excluding carboxylic acids is 4. The van der Waals surface area contributed by atoms with E-state index < -0.39 is 53.8 Å². The molecule has 0 spiro atoms. The second kappa shape index (κ2) is 12.4. The molecule has 0 saturated carbocycles. The maximum absolute atomic E-state index is 12.8. The third kappa shape index (κ3) is 8.37. The summed E-state index contributed by atoms with van der Waals surface area (Å²) in [4.78, 5) is 64.9. The number of aliphatic carboxylic acids is 1. The summed E-state index contributed by atoms with van der Waals surface area (Å²) in [6, 6.07) is -4.25. The summed E-state index contributed by atoms with van der Waals surface area (Å²) in [6.45, 7) is 1.91. The van der Waals surface area contributed by atoms with Crippen LogP contribution in [0.1, 0.15) is 39.0 Å². The minimum Gasteiger partial charge on any atom is -0.480 e. The zero-order valence-electron chi connectivity index (χ0n) is 18.0. The second-order valence-electron chi connectivity index (χ2n) is 7.55. The third-order valence-electron chi connectivity index (χ3n) is 4.89. The number of nitrogens with zero attached hydrogens (tertiary/aromatic N) is 2. The first-order valence-corrected chi connectivity index (χ1v) is 10.2. The van der Waals surface area contributed by atoms with E-state index in [1.807, 2.05) is 0 Å². The Balaban J connectivity index is 2.71. The van der Waals surface area contributed by atoms with Crippen molar-refractivity contribution < 1.29 is 29.1 Å². The van der Waals surface area contributed by atoms with Gasteiger partial charge in [-0.25, -0.2) is 4.79 Å². The summed E-state index contributed by atoms with van der Waals surface area (Å²) in [6.07, 6.45) is 0.939. The maximum atomic E-state index is 12.8. The monoisotopic (exact) mass is 456 g/mol. The number of amides is 4. The van der Waals surface area contributed by atoms with Gasteiger partial charge in [0.2, 0.25) is 23.6 Å². The van der Waals surface area contributed by atoms with Crippen LogP contribution in [0, 0.1) is 0 Å². The third-order valence-corrected chi connectivity index (χ3v) is 4.89. The highest BCUT2D eigenvalue weighted by Gasteiger charge is 2.37. The van der Waals surface area contributed by atoms with Crippen molar-refractivity contribution >= 4 is 35.6 Å². The summed E-state index contributed by atoms with van der Waals surface area (Å²) in [5.41, 5.74) is 21.0. The lowest BCUT2D eigenvalue weighted by molar-refractivity contribution is -0.144. The summed E-state index contributed by atoms with van der Waals surface area (Å²) in [5, 5.41) is 14.2. The highest BCUT2D eigenvalue weighted by molar-refractivity contribution is 5.95.